The molecule has 4 aromatic rings. The van der Waals surface area contributed by atoms with E-state index in [0.29, 0.717) is 49.2 Å². The van der Waals surface area contributed by atoms with E-state index in [4.69, 9.17) is 20.9 Å². The Balaban J connectivity index is 1.30. The molecule has 2 bridgehead atoms. The Kier molecular flexibility index (Phi) is 10.0. The molecule has 2 aliphatic rings. The summed E-state index contributed by atoms with van der Waals surface area (Å²) in [5.74, 6) is 10.0. The molecule has 0 aliphatic carbocycles. The zero-order valence-corrected chi connectivity index (χ0v) is 26.7. The minimum Gasteiger partial charge on any atom is -0.465 e. The highest BCUT2D eigenvalue weighted by Gasteiger charge is 2.28. The number of aryl methyl sites for hydroxylation is 1. The molecule has 0 fully saturated rings. The van der Waals surface area contributed by atoms with E-state index in [1.165, 1.54) is 0 Å². The smallest absolute Gasteiger partial charge is 0.190 e. The molecule has 0 amide bonds. The van der Waals surface area contributed by atoms with Gasteiger partial charge in [-0.3, -0.25) is 4.79 Å². The highest BCUT2D eigenvalue weighted by molar-refractivity contribution is 5.83. The normalized spacial score (nSPS) is 19.1. The Hall–Kier alpha value is -4.51. The summed E-state index contributed by atoms with van der Waals surface area (Å²) in [4.78, 5) is 16.0. The van der Waals surface area contributed by atoms with Gasteiger partial charge >= 0.3 is 0 Å². The fourth-order valence-electron chi connectivity index (χ4n) is 6.31. The molecule has 7 N–H and O–H groups in total. The summed E-state index contributed by atoms with van der Waals surface area (Å²) in [5.41, 5.74) is 17.2. The van der Waals surface area contributed by atoms with E-state index >= 15 is 0 Å². The standard InChI is InChI=1S/C38H42N4O5/c1-2-3-4-7-29(43)20-30(44)12-8-24-9-15-35-36(17-24)47-38-25(6-5-16-46-35)11-14-34(45)31-13-10-26(37(39)40)18-27(31)19-28-21-41-33-23-42(38)22-32(28)33/h9-10,13,15,17-18,21-23,25,29,34,37-38,41,43,45H,2-4,6-8,12,19-20,39-40H2,1H3. The van der Waals surface area contributed by atoms with Gasteiger partial charge in [0.05, 0.1) is 23.7 Å². The number of H-pyrrole nitrogens is 1. The summed E-state index contributed by atoms with van der Waals surface area (Å²) in [6, 6.07) is 11.2. The van der Waals surface area contributed by atoms with Gasteiger partial charge in [0.15, 0.2) is 17.7 Å². The molecule has 244 valence electrons. The van der Waals surface area contributed by atoms with Gasteiger partial charge in [-0.1, -0.05) is 68.2 Å². The third kappa shape index (κ3) is 7.56. The fraction of sp³-hybridized carbons (Fsp3) is 0.395. The number of aromatic amines is 1. The lowest BCUT2D eigenvalue weighted by molar-refractivity contribution is -0.121. The van der Waals surface area contributed by atoms with E-state index in [0.717, 1.165) is 52.4 Å². The van der Waals surface area contributed by atoms with Gasteiger partial charge in [0.2, 0.25) is 0 Å². The second-order valence-electron chi connectivity index (χ2n) is 12.6. The zero-order chi connectivity index (χ0) is 32.9. The Morgan fingerprint density at radius 3 is 2.81 bits per heavy atom. The van der Waals surface area contributed by atoms with Gasteiger partial charge in [0.25, 0.3) is 0 Å². The van der Waals surface area contributed by atoms with Gasteiger partial charge < -0.3 is 40.7 Å². The molecule has 4 unspecified atom stereocenters. The van der Waals surface area contributed by atoms with Crippen LogP contribution in [0.2, 0.25) is 0 Å². The van der Waals surface area contributed by atoms with Gasteiger partial charge in [0.1, 0.15) is 18.0 Å². The molecule has 2 aromatic heterocycles. The summed E-state index contributed by atoms with van der Waals surface area (Å²) in [6.45, 7) is 2.12. The second-order valence-corrected chi connectivity index (χ2v) is 12.6. The lowest BCUT2D eigenvalue weighted by Crippen LogP contribution is -2.23. The molecule has 0 radical (unpaired) electrons. The second kappa shape index (κ2) is 14.5. The van der Waals surface area contributed by atoms with Gasteiger partial charge in [-0.2, -0.15) is 0 Å². The number of ether oxygens (including phenoxy) is 2. The number of hydrogen-bond acceptors (Lipinski definition) is 7. The van der Waals surface area contributed by atoms with Crippen LogP contribution in [0.1, 0.15) is 98.2 Å². The Morgan fingerprint density at radius 2 is 1.98 bits per heavy atom. The Labute approximate surface area is 275 Å². The number of aliphatic hydroxyl groups excluding tert-OH is 2. The van der Waals surface area contributed by atoms with E-state index in [2.05, 4.69) is 42.0 Å². The van der Waals surface area contributed by atoms with Crippen LogP contribution in [-0.4, -0.2) is 31.7 Å². The molecule has 6 rings (SSSR count). The molecule has 2 aliphatic heterocycles. The third-order valence-corrected chi connectivity index (χ3v) is 8.97. The number of carbonyl (C=O) groups is 1. The molecule has 47 heavy (non-hydrogen) atoms. The minimum atomic E-state index is -1.05. The zero-order valence-electron chi connectivity index (χ0n) is 26.7. The average Bonchev–Trinajstić information content (AvgIpc) is 3.65. The van der Waals surface area contributed by atoms with Crippen molar-refractivity contribution < 1.29 is 24.5 Å². The van der Waals surface area contributed by atoms with Gasteiger partial charge in [-0.05, 0) is 52.8 Å². The predicted octanol–water partition coefficient (Wildman–Crippen LogP) is 5.30. The predicted molar refractivity (Wildman–Crippen MR) is 180 cm³/mol. The monoisotopic (exact) mass is 634 g/mol. The van der Waals surface area contributed by atoms with E-state index in [1.54, 1.807) is 0 Å². The summed E-state index contributed by atoms with van der Waals surface area (Å²) in [5, 5.41) is 22.6. The van der Waals surface area contributed by atoms with Crippen LogP contribution >= 0.6 is 0 Å². The van der Waals surface area contributed by atoms with Crippen molar-refractivity contribution in [1.29, 1.82) is 0 Å². The van der Waals surface area contributed by atoms with E-state index < -0.39 is 30.5 Å². The van der Waals surface area contributed by atoms with Crippen LogP contribution in [0.15, 0.2) is 55.0 Å². The summed E-state index contributed by atoms with van der Waals surface area (Å²) in [6.07, 6.45) is 11.6. The first-order valence-electron chi connectivity index (χ1n) is 16.4. The van der Waals surface area contributed by atoms with Crippen molar-refractivity contribution in [3.8, 4) is 35.4 Å². The molecular formula is C38H42N4O5. The fourth-order valence-corrected chi connectivity index (χ4v) is 6.31. The van der Waals surface area contributed by atoms with Crippen LogP contribution in [-0.2, 0) is 17.6 Å². The van der Waals surface area contributed by atoms with E-state index in [1.807, 2.05) is 53.4 Å². The summed E-state index contributed by atoms with van der Waals surface area (Å²) >= 11 is 0. The molecule has 0 saturated carbocycles. The lowest BCUT2D eigenvalue weighted by Gasteiger charge is -2.26. The number of aromatic nitrogens is 2. The highest BCUT2D eigenvalue weighted by Crippen LogP contribution is 2.37. The quantitative estimate of drug-likeness (QED) is 0.0904. The topological polar surface area (TPSA) is 149 Å². The maximum absolute atomic E-state index is 12.7. The van der Waals surface area contributed by atoms with Crippen molar-refractivity contribution in [3.05, 3.63) is 82.8 Å². The average molecular weight is 635 g/mol. The van der Waals surface area contributed by atoms with Crippen molar-refractivity contribution >= 4 is 16.7 Å². The minimum absolute atomic E-state index is 0.0377. The van der Waals surface area contributed by atoms with Crippen molar-refractivity contribution in [2.45, 2.75) is 89.3 Å². The SMILES string of the molecule is CCCCCC(O)CC(=O)CCc1ccc2c(c1)OC1C(C#CC(O)c3ccc(C(N)N)cc3Cc3c[nH]c4cn1cc34)CC#CO2. The first-order valence-corrected chi connectivity index (χ1v) is 16.4. The number of ketones is 1. The van der Waals surface area contributed by atoms with E-state index in [-0.39, 0.29) is 12.2 Å². The first kappa shape index (κ1) is 32.4. The van der Waals surface area contributed by atoms with Gasteiger partial charge in [-0.25, -0.2) is 0 Å². The molecular weight excluding hydrogens is 592 g/mol. The Morgan fingerprint density at radius 1 is 1.11 bits per heavy atom. The number of fused-ring (bicyclic) bond motifs is 5. The molecule has 9 heteroatoms. The van der Waals surface area contributed by atoms with Crippen LogP contribution < -0.4 is 20.9 Å². The van der Waals surface area contributed by atoms with Crippen LogP contribution in [0.25, 0.3) is 10.9 Å². The van der Waals surface area contributed by atoms with Crippen LogP contribution in [0.3, 0.4) is 0 Å². The summed E-state index contributed by atoms with van der Waals surface area (Å²) < 4.78 is 14.5. The number of unbranched alkanes of at least 4 members (excludes halogenated alkanes) is 2. The molecule has 4 atom stereocenters. The van der Waals surface area contributed by atoms with Crippen molar-refractivity contribution in [2.24, 2.45) is 17.4 Å². The first-order chi connectivity index (χ1) is 22.8. The van der Waals surface area contributed by atoms with Crippen LogP contribution in [0.5, 0.6) is 11.5 Å². The molecule has 9 nitrogen and oxygen atoms in total. The molecule has 4 heterocycles. The Bertz CT molecular complexity index is 1870. The molecule has 2 aromatic carbocycles. The highest BCUT2D eigenvalue weighted by atomic mass is 16.5. The van der Waals surface area contributed by atoms with Crippen LogP contribution in [0.4, 0.5) is 0 Å². The number of rotatable bonds is 10. The number of carbonyl (C=O) groups excluding carboxylic acids is 1. The number of hydrogen-bond donors (Lipinski definition) is 5. The van der Waals surface area contributed by atoms with Crippen molar-refractivity contribution in [3.63, 3.8) is 0 Å². The number of nitrogens with one attached hydrogen (secondary N) is 1. The maximum atomic E-state index is 12.7. The third-order valence-electron chi connectivity index (χ3n) is 8.97. The van der Waals surface area contributed by atoms with Gasteiger partial charge in [-0.15, -0.1) is 0 Å². The number of nitrogens with two attached hydrogens (primary N) is 2. The van der Waals surface area contributed by atoms with Gasteiger partial charge in [0, 0.05) is 49.7 Å². The number of Topliss-reactive ketones (excluding diaryl/α,β-unsaturated/α-hetero) is 1. The largest absolute Gasteiger partial charge is 0.465 e. The number of benzene rings is 2. The molecule has 0 spiro atoms. The van der Waals surface area contributed by atoms with Crippen LogP contribution in [0, 0.1) is 29.8 Å². The number of aliphatic hydroxyl groups is 2. The lowest BCUT2D eigenvalue weighted by atomic mass is 9.93. The maximum Gasteiger partial charge on any atom is 0.190 e. The molecule has 0 saturated heterocycles. The number of nitrogens with zero attached hydrogens (tertiary/aromatic N) is 1. The van der Waals surface area contributed by atoms with Crippen molar-refractivity contribution in [1.82, 2.24) is 9.55 Å². The van der Waals surface area contributed by atoms with Crippen molar-refractivity contribution in [2.75, 3.05) is 0 Å². The summed E-state index contributed by atoms with van der Waals surface area (Å²) in [7, 11) is 0. The van der Waals surface area contributed by atoms with E-state index in [9.17, 15) is 15.0 Å².